The Morgan fingerprint density at radius 3 is 2.91 bits per heavy atom. The zero-order valence-corrected chi connectivity index (χ0v) is 19.5. The van der Waals surface area contributed by atoms with Gasteiger partial charge in [0, 0.05) is 37.2 Å². The Hall–Kier alpha value is -2.50. The van der Waals surface area contributed by atoms with Crippen molar-refractivity contribution < 1.29 is 24.1 Å². The summed E-state index contributed by atoms with van der Waals surface area (Å²) >= 11 is 0. The molecular weight excluding hydrogens is 438 g/mol. The average Bonchev–Trinajstić information content (AvgIpc) is 3.49. The molecule has 3 saturated heterocycles. The standard InChI is InChI=1S/C24H33N5O5/c1-25-13-17(30)14-33-18-4-2-3-16(11-18)23-27-21(12-22(28-23)29-6-9-31-10-7-29)26-20-15-34-24-19(20)5-8-32-24/h2-4,11-12,17,19-20,24-25,30H,5-10,13-15H2,1H3,(H,26,27,28)/t17?,19-,20-,24+/m0/s1. The number of aliphatic hydroxyl groups excluding tert-OH is 1. The molecule has 0 radical (unpaired) electrons. The van der Waals surface area contributed by atoms with Gasteiger partial charge in [0.25, 0.3) is 0 Å². The van der Waals surface area contributed by atoms with Gasteiger partial charge in [-0.05, 0) is 25.6 Å². The molecule has 34 heavy (non-hydrogen) atoms. The largest absolute Gasteiger partial charge is 0.491 e. The molecule has 2 aromatic rings. The Balaban J connectivity index is 1.39. The molecule has 4 heterocycles. The van der Waals surface area contributed by atoms with Crippen LogP contribution in [0.4, 0.5) is 11.6 Å². The second-order valence-corrected chi connectivity index (χ2v) is 8.86. The van der Waals surface area contributed by atoms with Gasteiger partial charge in [-0.1, -0.05) is 12.1 Å². The number of fused-ring (bicyclic) bond motifs is 1. The van der Waals surface area contributed by atoms with E-state index in [4.69, 9.17) is 28.9 Å². The number of nitrogens with one attached hydrogen (secondary N) is 2. The highest BCUT2D eigenvalue weighted by atomic mass is 16.7. The lowest BCUT2D eigenvalue weighted by atomic mass is 10.0. The van der Waals surface area contributed by atoms with E-state index in [1.54, 1.807) is 7.05 Å². The van der Waals surface area contributed by atoms with Crippen molar-refractivity contribution in [3.8, 4) is 17.1 Å². The van der Waals surface area contributed by atoms with E-state index in [-0.39, 0.29) is 18.9 Å². The van der Waals surface area contributed by atoms with Gasteiger partial charge < -0.3 is 39.6 Å². The first-order valence-electron chi connectivity index (χ1n) is 12.0. The minimum absolute atomic E-state index is 0.121. The Morgan fingerprint density at radius 2 is 2.06 bits per heavy atom. The third-order valence-corrected chi connectivity index (χ3v) is 6.40. The van der Waals surface area contributed by atoms with Crippen molar-refractivity contribution in [1.82, 2.24) is 15.3 Å². The monoisotopic (exact) mass is 471 g/mol. The third-order valence-electron chi connectivity index (χ3n) is 6.40. The second kappa shape index (κ2) is 10.8. The Kier molecular flexibility index (Phi) is 7.41. The van der Waals surface area contributed by atoms with Gasteiger partial charge in [-0.15, -0.1) is 0 Å². The summed E-state index contributed by atoms with van der Waals surface area (Å²) in [5.41, 5.74) is 0.850. The number of ether oxygens (including phenoxy) is 4. The van der Waals surface area contributed by atoms with Crippen LogP contribution in [0, 0.1) is 5.92 Å². The van der Waals surface area contributed by atoms with Crippen molar-refractivity contribution >= 4 is 11.6 Å². The summed E-state index contributed by atoms with van der Waals surface area (Å²) in [4.78, 5) is 12.0. The lowest BCUT2D eigenvalue weighted by Gasteiger charge is -2.28. The number of benzene rings is 1. The van der Waals surface area contributed by atoms with Crippen LogP contribution in [-0.4, -0.2) is 93.2 Å². The molecule has 0 aliphatic carbocycles. The van der Waals surface area contributed by atoms with Crippen molar-refractivity contribution in [2.75, 3.05) is 69.9 Å². The molecule has 0 spiro atoms. The molecule has 3 aliphatic heterocycles. The molecule has 0 saturated carbocycles. The van der Waals surface area contributed by atoms with Gasteiger partial charge in [0.2, 0.25) is 0 Å². The topological polar surface area (TPSA) is 110 Å². The number of hydrogen-bond acceptors (Lipinski definition) is 10. The van der Waals surface area contributed by atoms with E-state index in [1.807, 2.05) is 30.3 Å². The Bertz CT molecular complexity index is 957. The summed E-state index contributed by atoms with van der Waals surface area (Å²) in [5.74, 6) is 3.24. The summed E-state index contributed by atoms with van der Waals surface area (Å²) in [6.07, 6.45) is 0.280. The number of nitrogens with zero attached hydrogens (tertiary/aromatic N) is 3. The molecule has 3 aliphatic rings. The molecule has 0 bridgehead atoms. The number of anilines is 2. The highest BCUT2D eigenvalue weighted by Crippen LogP contribution is 2.34. The number of aromatic nitrogens is 2. The predicted octanol–water partition coefficient (Wildman–Crippen LogP) is 1.11. The summed E-state index contributed by atoms with van der Waals surface area (Å²) in [6.45, 7) is 4.93. The molecule has 0 amide bonds. The van der Waals surface area contributed by atoms with E-state index in [1.165, 1.54) is 0 Å². The number of morpholine rings is 1. The first-order chi connectivity index (χ1) is 16.7. The van der Waals surface area contributed by atoms with Crippen molar-refractivity contribution in [1.29, 1.82) is 0 Å². The van der Waals surface area contributed by atoms with Gasteiger partial charge >= 0.3 is 0 Å². The number of hydrogen-bond donors (Lipinski definition) is 3. The van der Waals surface area contributed by atoms with Gasteiger partial charge in [-0.2, -0.15) is 0 Å². The minimum Gasteiger partial charge on any atom is -0.491 e. The second-order valence-electron chi connectivity index (χ2n) is 8.86. The van der Waals surface area contributed by atoms with Crippen molar-refractivity contribution in [2.24, 2.45) is 5.92 Å². The molecule has 10 nitrogen and oxygen atoms in total. The van der Waals surface area contributed by atoms with Crippen LogP contribution in [0.25, 0.3) is 11.4 Å². The zero-order chi connectivity index (χ0) is 23.3. The van der Waals surface area contributed by atoms with E-state index in [0.717, 1.165) is 43.3 Å². The smallest absolute Gasteiger partial charge is 0.163 e. The summed E-state index contributed by atoms with van der Waals surface area (Å²) in [6, 6.07) is 9.82. The van der Waals surface area contributed by atoms with Crippen LogP contribution < -0.4 is 20.3 Å². The lowest BCUT2D eigenvalue weighted by Crippen LogP contribution is -2.37. The normalized spacial score (nSPS) is 25.2. The highest BCUT2D eigenvalue weighted by molar-refractivity contribution is 5.63. The maximum absolute atomic E-state index is 9.96. The number of rotatable bonds is 9. The highest BCUT2D eigenvalue weighted by Gasteiger charge is 2.41. The molecule has 4 atom stereocenters. The van der Waals surface area contributed by atoms with Gasteiger partial charge in [0.1, 0.15) is 30.1 Å². The molecule has 10 heteroatoms. The number of aliphatic hydroxyl groups is 1. The fourth-order valence-corrected chi connectivity index (χ4v) is 4.61. The third kappa shape index (κ3) is 5.42. The maximum Gasteiger partial charge on any atom is 0.163 e. The molecule has 1 unspecified atom stereocenters. The Labute approximate surface area is 199 Å². The Morgan fingerprint density at radius 1 is 1.18 bits per heavy atom. The van der Waals surface area contributed by atoms with Gasteiger partial charge in [-0.25, -0.2) is 9.97 Å². The van der Waals surface area contributed by atoms with Crippen molar-refractivity contribution in [2.45, 2.75) is 24.9 Å². The zero-order valence-electron chi connectivity index (χ0n) is 19.5. The molecular formula is C24H33N5O5. The fraction of sp³-hybridized carbons (Fsp3) is 0.583. The molecule has 1 aromatic heterocycles. The van der Waals surface area contributed by atoms with E-state index in [2.05, 4.69) is 15.5 Å². The minimum atomic E-state index is -0.581. The fourth-order valence-electron chi connectivity index (χ4n) is 4.61. The molecule has 5 rings (SSSR count). The van der Waals surface area contributed by atoms with Crippen LogP contribution in [0.15, 0.2) is 30.3 Å². The quantitative estimate of drug-likeness (QED) is 0.492. The summed E-state index contributed by atoms with van der Waals surface area (Å²) < 4.78 is 22.8. The van der Waals surface area contributed by atoms with E-state index < -0.39 is 6.10 Å². The lowest BCUT2D eigenvalue weighted by molar-refractivity contribution is -0.0904. The molecule has 3 fully saturated rings. The van der Waals surface area contributed by atoms with E-state index in [0.29, 0.717) is 43.9 Å². The van der Waals surface area contributed by atoms with Crippen LogP contribution in [0.3, 0.4) is 0 Å². The molecule has 3 N–H and O–H groups in total. The van der Waals surface area contributed by atoms with Crippen LogP contribution in [-0.2, 0) is 14.2 Å². The summed E-state index contributed by atoms with van der Waals surface area (Å²) in [5, 5.41) is 16.5. The SMILES string of the molecule is CNCC(O)COc1cccc(-c2nc(N[C@H]3CO[C@H]4OCC[C@H]43)cc(N3CCOCC3)n2)c1. The van der Waals surface area contributed by atoms with Gasteiger partial charge in [0.05, 0.1) is 32.5 Å². The first-order valence-corrected chi connectivity index (χ1v) is 12.0. The van der Waals surface area contributed by atoms with Crippen molar-refractivity contribution in [3.05, 3.63) is 30.3 Å². The molecule has 184 valence electrons. The summed E-state index contributed by atoms with van der Waals surface area (Å²) in [7, 11) is 1.80. The van der Waals surface area contributed by atoms with Crippen molar-refractivity contribution in [3.63, 3.8) is 0 Å². The van der Waals surface area contributed by atoms with Gasteiger partial charge in [-0.3, -0.25) is 0 Å². The molecule has 1 aromatic carbocycles. The van der Waals surface area contributed by atoms with E-state index >= 15 is 0 Å². The average molecular weight is 472 g/mol. The van der Waals surface area contributed by atoms with Crippen LogP contribution in [0.5, 0.6) is 5.75 Å². The maximum atomic E-state index is 9.96. The predicted molar refractivity (Wildman–Crippen MR) is 127 cm³/mol. The van der Waals surface area contributed by atoms with Gasteiger partial charge in [0.15, 0.2) is 12.1 Å². The number of likely N-dealkylation sites (N-methyl/N-ethyl adjacent to an activating group) is 1. The first kappa shape index (κ1) is 23.3. The van der Waals surface area contributed by atoms with Crippen LogP contribution >= 0.6 is 0 Å². The van der Waals surface area contributed by atoms with E-state index in [9.17, 15) is 5.11 Å². The van der Waals surface area contributed by atoms with Crippen LogP contribution in [0.2, 0.25) is 0 Å². The van der Waals surface area contributed by atoms with Crippen LogP contribution in [0.1, 0.15) is 6.42 Å².